The lowest BCUT2D eigenvalue weighted by Crippen LogP contribution is -2.54. The quantitative estimate of drug-likeness (QED) is 0.279. The summed E-state index contributed by atoms with van der Waals surface area (Å²) in [5, 5.41) is 6.25. The molecule has 3 aromatic rings. The largest absolute Gasteiger partial charge is 0.444 e. The molecule has 0 saturated heterocycles. The summed E-state index contributed by atoms with van der Waals surface area (Å²) >= 11 is 6.49. The summed E-state index contributed by atoms with van der Waals surface area (Å²) < 4.78 is 5.53. The molecule has 8 heteroatoms. The highest BCUT2D eigenvalue weighted by atomic mass is 35.5. The summed E-state index contributed by atoms with van der Waals surface area (Å²) in [5.74, 6) is -0.713. The van der Waals surface area contributed by atoms with Crippen LogP contribution in [-0.2, 0) is 20.7 Å². The Morgan fingerprint density at radius 2 is 1.60 bits per heavy atom. The van der Waals surface area contributed by atoms with Crippen molar-refractivity contribution in [2.24, 2.45) is 0 Å². The van der Waals surface area contributed by atoms with E-state index in [-0.39, 0.29) is 24.3 Å². The molecule has 0 bridgehead atoms. The smallest absolute Gasteiger partial charge is 0.408 e. The molecule has 0 aromatic heterocycles. The number of rotatable bonds is 9. The van der Waals surface area contributed by atoms with Crippen molar-refractivity contribution >= 4 is 35.2 Å². The van der Waals surface area contributed by atoms with Crippen molar-refractivity contribution in [2.45, 2.75) is 84.5 Å². The number of carbonyl (C=O) groups is 3. The minimum Gasteiger partial charge on any atom is -0.444 e. The molecule has 2 N–H and O–H groups in total. The molecule has 0 aliphatic heterocycles. The average molecular weight is 590 g/mol. The van der Waals surface area contributed by atoms with Crippen LogP contribution in [-0.4, -0.2) is 40.5 Å². The number of amides is 3. The Hall–Kier alpha value is -3.84. The van der Waals surface area contributed by atoms with Gasteiger partial charge in [0.1, 0.15) is 17.7 Å². The van der Waals surface area contributed by atoms with Crippen LogP contribution in [0.3, 0.4) is 0 Å². The first-order valence-corrected chi connectivity index (χ1v) is 14.7. The van der Waals surface area contributed by atoms with E-state index in [1.54, 1.807) is 31.7 Å². The number of nitrogens with zero attached hydrogens (tertiary/aromatic N) is 1. The highest BCUT2D eigenvalue weighted by Gasteiger charge is 2.44. The van der Waals surface area contributed by atoms with E-state index in [2.05, 4.69) is 10.6 Å². The number of benzene rings is 3. The molecule has 222 valence electrons. The molecule has 4 rings (SSSR count). The summed E-state index contributed by atoms with van der Waals surface area (Å²) in [5.41, 5.74) is 4.12. The van der Waals surface area contributed by atoms with E-state index < -0.39 is 23.8 Å². The Balaban J connectivity index is 1.76. The molecule has 42 heavy (non-hydrogen) atoms. The zero-order valence-electron chi connectivity index (χ0n) is 25.2. The van der Waals surface area contributed by atoms with Crippen molar-refractivity contribution in [1.82, 2.24) is 10.2 Å². The van der Waals surface area contributed by atoms with E-state index >= 15 is 0 Å². The lowest BCUT2D eigenvalue weighted by atomic mass is 9.97. The zero-order chi connectivity index (χ0) is 30.6. The van der Waals surface area contributed by atoms with Gasteiger partial charge < -0.3 is 20.3 Å². The third-order valence-corrected chi connectivity index (χ3v) is 7.34. The number of ether oxygens (including phenoxy) is 1. The molecule has 0 spiro atoms. The molecule has 1 fully saturated rings. The van der Waals surface area contributed by atoms with Crippen LogP contribution >= 0.6 is 11.6 Å². The van der Waals surface area contributed by atoms with E-state index in [9.17, 15) is 14.4 Å². The van der Waals surface area contributed by atoms with Crippen molar-refractivity contribution in [3.05, 3.63) is 99.6 Å². The monoisotopic (exact) mass is 589 g/mol. The van der Waals surface area contributed by atoms with E-state index in [1.165, 1.54) is 0 Å². The van der Waals surface area contributed by atoms with Crippen LogP contribution in [0.2, 0.25) is 5.02 Å². The summed E-state index contributed by atoms with van der Waals surface area (Å²) in [6, 6.07) is 18.8. The molecule has 3 aromatic carbocycles. The van der Waals surface area contributed by atoms with Crippen LogP contribution in [0.15, 0.2) is 66.7 Å². The highest BCUT2D eigenvalue weighted by molar-refractivity contribution is 6.34. The second-order valence-electron chi connectivity index (χ2n) is 12.1. The van der Waals surface area contributed by atoms with Crippen LogP contribution in [0.5, 0.6) is 0 Å². The Labute approximate surface area is 253 Å². The first kappa shape index (κ1) is 31.1. The lowest BCUT2D eigenvalue weighted by Gasteiger charge is -2.35. The molecule has 3 amide bonds. The number of aryl methyl sites for hydroxylation is 3. The van der Waals surface area contributed by atoms with Crippen LogP contribution in [0.25, 0.3) is 0 Å². The number of hydrogen-bond acceptors (Lipinski definition) is 4. The first-order chi connectivity index (χ1) is 19.8. The fourth-order valence-corrected chi connectivity index (χ4v) is 5.41. The van der Waals surface area contributed by atoms with Gasteiger partial charge in [0.05, 0.1) is 10.7 Å². The first-order valence-electron chi connectivity index (χ1n) is 14.3. The number of alkyl carbamates (subject to hydrolysis) is 1. The van der Waals surface area contributed by atoms with Gasteiger partial charge in [-0.2, -0.15) is 0 Å². The van der Waals surface area contributed by atoms with E-state index in [1.807, 2.05) is 81.4 Å². The third-order valence-electron chi connectivity index (χ3n) is 7.02. The number of hydrogen-bond donors (Lipinski definition) is 2. The molecule has 2 unspecified atom stereocenters. The van der Waals surface area contributed by atoms with E-state index in [0.717, 1.165) is 35.1 Å². The molecular weight excluding hydrogens is 550 g/mol. The maximum absolute atomic E-state index is 14.6. The van der Waals surface area contributed by atoms with Crippen LogP contribution in [0.4, 0.5) is 10.5 Å². The average Bonchev–Trinajstić information content (AvgIpc) is 3.73. The number of nitrogens with one attached hydrogen (secondary N) is 2. The van der Waals surface area contributed by atoms with Crippen LogP contribution in [0.1, 0.15) is 67.5 Å². The van der Waals surface area contributed by atoms with Gasteiger partial charge in [0.25, 0.3) is 5.91 Å². The van der Waals surface area contributed by atoms with Gasteiger partial charge in [-0.15, -0.1) is 0 Å². The topological polar surface area (TPSA) is 87.7 Å². The second-order valence-corrected chi connectivity index (χ2v) is 12.5. The number of carbonyl (C=O) groups excluding carboxylic acids is 3. The van der Waals surface area contributed by atoms with Gasteiger partial charge in [-0.3, -0.25) is 9.59 Å². The predicted octanol–water partition coefficient (Wildman–Crippen LogP) is 7.07. The molecule has 1 saturated carbocycles. The van der Waals surface area contributed by atoms with Gasteiger partial charge in [-0.25, -0.2) is 4.79 Å². The fraction of sp³-hybridized carbons (Fsp3) is 0.382. The van der Waals surface area contributed by atoms with Gasteiger partial charge in [0.2, 0.25) is 5.91 Å². The fourth-order valence-electron chi connectivity index (χ4n) is 5.14. The minimum absolute atomic E-state index is 0.153. The van der Waals surface area contributed by atoms with Crippen molar-refractivity contribution in [3.8, 4) is 0 Å². The van der Waals surface area contributed by atoms with Gasteiger partial charge in [-0.1, -0.05) is 83.4 Å². The molecule has 7 nitrogen and oxygen atoms in total. The molecule has 0 radical (unpaired) electrons. The minimum atomic E-state index is -0.953. The van der Waals surface area contributed by atoms with Crippen molar-refractivity contribution < 1.29 is 19.1 Å². The van der Waals surface area contributed by atoms with Crippen molar-refractivity contribution in [1.29, 1.82) is 0 Å². The van der Waals surface area contributed by atoms with Gasteiger partial charge >= 0.3 is 6.09 Å². The summed E-state index contributed by atoms with van der Waals surface area (Å²) in [6.07, 6.45) is 1.07. The Morgan fingerprint density at radius 1 is 0.952 bits per heavy atom. The van der Waals surface area contributed by atoms with Crippen molar-refractivity contribution in [2.75, 3.05) is 5.32 Å². The Bertz CT molecular complexity index is 1410. The third kappa shape index (κ3) is 8.13. The van der Waals surface area contributed by atoms with Crippen LogP contribution in [0, 0.1) is 20.8 Å². The van der Waals surface area contributed by atoms with E-state index in [0.29, 0.717) is 16.3 Å². The highest BCUT2D eigenvalue weighted by Crippen LogP contribution is 2.37. The number of halogens is 1. The van der Waals surface area contributed by atoms with Gasteiger partial charge in [-0.05, 0) is 77.1 Å². The Morgan fingerprint density at radius 3 is 2.17 bits per heavy atom. The maximum atomic E-state index is 14.6. The van der Waals surface area contributed by atoms with Gasteiger partial charge in [0, 0.05) is 12.5 Å². The lowest BCUT2D eigenvalue weighted by molar-refractivity contribution is -0.141. The molecule has 1 aliphatic carbocycles. The zero-order valence-corrected chi connectivity index (χ0v) is 25.9. The van der Waals surface area contributed by atoms with Crippen molar-refractivity contribution in [3.63, 3.8) is 0 Å². The van der Waals surface area contributed by atoms with Gasteiger partial charge in [0.15, 0.2) is 0 Å². The predicted molar refractivity (Wildman–Crippen MR) is 167 cm³/mol. The summed E-state index contributed by atoms with van der Waals surface area (Å²) in [6.45, 7) is 11.1. The maximum Gasteiger partial charge on any atom is 0.408 e. The number of para-hydroxylation sites is 1. The standard InChI is InChI=1S/C34H40ClN3O4/c1-21-17-22(2)19-25(18-21)30(31(39)37-29-23(3)11-10-14-27(29)35)38(26-15-16-26)32(40)28(20-24-12-8-7-9-13-24)36-33(41)42-34(4,5)6/h7-14,17-19,26,28,30H,15-16,20H2,1-6H3,(H,36,41)(H,37,39). The molecule has 0 heterocycles. The SMILES string of the molecule is Cc1cc(C)cc(C(C(=O)Nc2c(C)cccc2Cl)N(C(=O)C(Cc2ccccc2)NC(=O)OC(C)(C)C)C2CC2)c1. The number of anilines is 1. The molecule has 1 aliphatic rings. The van der Waals surface area contributed by atoms with Crippen LogP contribution < -0.4 is 10.6 Å². The molecular formula is C34H40ClN3O4. The Kier molecular flexibility index (Phi) is 9.62. The second kappa shape index (κ2) is 13.0. The van der Waals surface area contributed by atoms with E-state index in [4.69, 9.17) is 16.3 Å². The normalized spacial score (nSPS) is 14.5. The summed E-state index contributed by atoms with van der Waals surface area (Å²) in [7, 11) is 0. The summed E-state index contributed by atoms with van der Waals surface area (Å²) in [4.78, 5) is 43.4. The molecule has 2 atom stereocenters.